The van der Waals surface area contributed by atoms with Crippen LogP contribution < -0.4 is 15.1 Å². The van der Waals surface area contributed by atoms with E-state index in [0.717, 1.165) is 35.5 Å². The first kappa shape index (κ1) is 25.2. The first-order chi connectivity index (χ1) is 18.0. The van der Waals surface area contributed by atoms with Gasteiger partial charge in [-0.1, -0.05) is 54.2 Å². The summed E-state index contributed by atoms with van der Waals surface area (Å²) in [4.78, 5) is 31.5. The van der Waals surface area contributed by atoms with E-state index in [4.69, 9.17) is 0 Å². The molecule has 0 bridgehead atoms. The van der Waals surface area contributed by atoms with E-state index in [2.05, 4.69) is 12.2 Å². The molecule has 3 aromatic carbocycles. The highest BCUT2D eigenvalue weighted by Crippen LogP contribution is 2.43. The number of fused-ring (bicyclic) bond motifs is 1. The van der Waals surface area contributed by atoms with Gasteiger partial charge in [0.15, 0.2) is 0 Å². The molecule has 5 rings (SSSR count). The number of likely N-dealkylation sites (N-methyl/N-ethyl adjacent to an activating group) is 1. The van der Waals surface area contributed by atoms with Crippen molar-refractivity contribution in [2.75, 3.05) is 24.5 Å². The van der Waals surface area contributed by atoms with Crippen LogP contribution in [0.5, 0.6) is 0 Å². The van der Waals surface area contributed by atoms with Gasteiger partial charge in [-0.3, -0.25) is 9.59 Å². The van der Waals surface area contributed by atoms with Gasteiger partial charge in [-0.2, -0.15) is 0 Å². The van der Waals surface area contributed by atoms with Crippen LogP contribution in [0.15, 0.2) is 82.6 Å². The average molecular weight is 517 g/mol. The van der Waals surface area contributed by atoms with Gasteiger partial charge in [0.25, 0.3) is 11.8 Å². The van der Waals surface area contributed by atoms with Crippen LogP contribution in [0.2, 0.25) is 0 Å². The Kier molecular flexibility index (Phi) is 7.72. The molecular weight excluding hydrogens is 485 g/mol. The third-order valence-electron chi connectivity index (χ3n) is 7.13. The Morgan fingerprint density at radius 2 is 1.92 bits per heavy atom. The lowest BCUT2D eigenvalue weighted by Crippen LogP contribution is -3.14. The smallest absolute Gasteiger partial charge is 0.265 e. The molecule has 0 aromatic heterocycles. The minimum Gasteiger partial charge on any atom is -0.346 e. The molecule has 0 spiro atoms. The summed E-state index contributed by atoms with van der Waals surface area (Å²) in [7, 11) is 0. The predicted octanol–water partition coefficient (Wildman–Crippen LogP) is 4.30. The Bertz CT molecular complexity index is 1310. The van der Waals surface area contributed by atoms with Gasteiger partial charge in [0.05, 0.1) is 36.8 Å². The van der Waals surface area contributed by atoms with Gasteiger partial charge < -0.3 is 15.1 Å². The zero-order valence-electron chi connectivity index (χ0n) is 20.9. The van der Waals surface area contributed by atoms with Gasteiger partial charge in [0.1, 0.15) is 11.9 Å². The van der Waals surface area contributed by atoms with Crippen molar-refractivity contribution in [3.63, 3.8) is 0 Å². The highest BCUT2D eigenvalue weighted by atomic mass is 32.2. The number of anilines is 1. The highest BCUT2D eigenvalue weighted by Gasteiger charge is 2.31. The average Bonchev–Trinajstić information content (AvgIpc) is 3.39. The Labute approximate surface area is 221 Å². The van der Waals surface area contributed by atoms with Gasteiger partial charge >= 0.3 is 0 Å². The maximum absolute atomic E-state index is 13.7. The Morgan fingerprint density at radius 3 is 2.68 bits per heavy atom. The number of nitrogens with zero attached hydrogens (tertiary/aromatic N) is 1. The fourth-order valence-electron chi connectivity index (χ4n) is 5.10. The van der Waals surface area contributed by atoms with Crippen molar-refractivity contribution in [1.82, 2.24) is 5.32 Å². The number of hydrogen-bond acceptors (Lipinski definition) is 3. The molecule has 1 fully saturated rings. The molecule has 1 saturated heterocycles. The molecule has 2 aliphatic heterocycles. The molecule has 3 aromatic rings. The third kappa shape index (κ3) is 5.78. The second-order valence-corrected chi connectivity index (χ2v) is 10.6. The number of likely N-dealkylation sites (tertiary alicyclic amines) is 1. The molecule has 0 radical (unpaired) electrons. The largest absolute Gasteiger partial charge is 0.346 e. The summed E-state index contributed by atoms with van der Waals surface area (Å²) >= 11 is 1.41. The fraction of sp³-hybridized carbons (Fsp3) is 0.267. The molecule has 2 N–H and O–H groups in total. The molecule has 0 aliphatic carbocycles. The van der Waals surface area contributed by atoms with Crippen LogP contribution >= 0.6 is 11.8 Å². The van der Waals surface area contributed by atoms with Gasteiger partial charge in [-0.05, 0) is 54.5 Å². The molecule has 7 heteroatoms. The van der Waals surface area contributed by atoms with E-state index in [1.807, 2.05) is 48.5 Å². The molecule has 0 saturated carbocycles. The second-order valence-electron chi connectivity index (χ2n) is 9.53. The van der Waals surface area contributed by atoms with Crippen LogP contribution in [0.3, 0.4) is 0 Å². The molecule has 190 valence electrons. The number of benzene rings is 3. The Balaban J connectivity index is 1.43. The van der Waals surface area contributed by atoms with Crippen molar-refractivity contribution in [1.29, 1.82) is 0 Å². The van der Waals surface area contributed by atoms with E-state index < -0.39 is 0 Å². The highest BCUT2D eigenvalue weighted by molar-refractivity contribution is 8.04. The lowest BCUT2D eigenvalue weighted by Gasteiger charge is -2.31. The number of thioether (sulfide) groups is 1. The van der Waals surface area contributed by atoms with Crippen LogP contribution in [0, 0.1) is 5.82 Å². The van der Waals surface area contributed by atoms with Crippen molar-refractivity contribution in [3.05, 3.63) is 100 Å². The second kappa shape index (κ2) is 11.3. The Morgan fingerprint density at radius 1 is 1.14 bits per heavy atom. The van der Waals surface area contributed by atoms with Crippen molar-refractivity contribution in [3.8, 4) is 0 Å². The summed E-state index contributed by atoms with van der Waals surface area (Å²) in [5.41, 5.74) is 2.97. The van der Waals surface area contributed by atoms with Gasteiger partial charge in [0, 0.05) is 23.3 Å². The summed E-state index contributed by atoms with van der Waals surface area (Å²) in [5, 5.41) is 3.11. The zero-order chi connectivity index (χ0) is 25.8. The number of carbonyl (C=O) groups is 2. The number of nitrogens with one attached hydrogen (secondary N) is 2. The van der Waals surface area contributed by atoms with Crippen LogP contribution in [0.4, 0.5) is 10.1 Å². The summed E-state index contributed by atoms with van der Waals surface area (Å²) in [6.45, 7) is 5.34. The summed E-state index contributed by atoms with van der Waals surface area (Å²) in [6, 6.07) is 21.9. The molecule has 2 amide bonds. The Hall–Kier alpha value is -3.42. The monoisotopic (exact) mass is 516 g/mol. The van der Waals surface area contributed by atoms with Crippen LogP contribution in [-0.2, 0) is 11.3 Å². The van der Waals surface area contributed by atoms with Gasteiger partial charge in [-0.15, -0.1) is 0 Å². The van der Waals surface area contributed by atoms with Crippen LogP contribution in [0.1, 0.15) is 41.3 Å². The number of amides is 2. The normalized spacial score (nSPS) is 20.2. The van der Waals surface area contributed by atoms with Crippen LogP contribution in [-0.4, -0.2) is 37.5 Å². The van der Waals surface area contributed by atoms with E-state index in [0.29, 0.717) is 28.7 Å². The number of hydrogen-bond donors (Lipinski definition) is 2. The molecule has 2 unspecified atom stereocenters. The SMILES string of the molecule is CC[NH+]1CCCC1CNC(=O)c1ccc2c(c1)N(Cc1ccc(F)cc1)C(=O)C(=Cc1ccccc1)S2. The lowest BCUT2D eigenvalue weighted by molar-refractivity contribution is -0.909. The number of rotatable bonds is 7. The minimum absolute atomic E-state index is 0.130. The maximum atomic E-state index is 13.7. The van der Waals surface area contributed by atoms with E-state index in [-0.39, 0.29) is 24.2 Å². The summed E-state index contributed by atoms with van der Waals surface area (Å²) in [6.07, 6.45) is 4.21. The molecule has 2 atom stereocenters. The fourth-order valence-corrected chi connectivity index (χ4v) is 6.13. The van der Waals surface area contributed by atoms with E-state index in [1.165, 1.54) is 35.2 Å². The quantitative estimate of drug-likeness (QED) is 0.461. The third-order valence-corrected chi connectivity index (χ3v) is 8.21. The van der Waals surface area contributed by atoms with E-state index in [1.54, 1.807) is 23.1 Å². The van der Waals surface area contributed by atoms with Crippen molar-refractivity contribution >= 4 is 35.3 Å². The van der Waals surface area contributed by atoms with E-state index >= 15 is 0 Å². The zero-order valence-corrected chi connectivity index (χ0v) is 21.7. The molecule has 5 nitrogen and oxygen atoms in total. The lowest BCUT2D eigenvalue weighted by atomic mass is 10.1. The predicted molar refractivity (Wildman–Crippen MR) is 146 cm³/mol. The maximum Gasteiger partial charge on any atom is 0.265 e. The molecule has 2 aliphatic rings. The number of carbonyl (C=O) groups excluding carboxylic acids is 2. The summed E-state index contributed by atoms with van der Waals surface area (Å²) in [5.74, 6) is -0.592. The molecule has 2 heterocycles. The number of quaternary nitrogens is 1. The van der Waals surface area contributed by atoms with Crippen molar-refractivity contribution in [2.24, 2.45) is 0 Å². The topological polar surface area (TPSA) is 53.9 Å². The molecule has 37 heavy (non-hydrogen) atoms. The molecular formula is C30H31FN3O2S+. The van der Waals surface area contributed by atoms with Crippen molar-refractivity contribution in [2.45, 2.75) is 37.2 Å². The minimum atomic E-state index is -0.320. The summed E-state index contributed by atoms with van der Waals surface area (Å²) < 4.78 is 13.5. The van der Waals surface area contributed by atoms with Gasteiger partial charge in [-0.25, -0.2) is 4.39 Å². The van der Waals surface area contributed by atoms with Crippen LogP contribution in [0.25, 0.3) is 6.08 Å². The van der Waals surface area contributed by atoms with E-state index in [9.17, 15) is 14.0 Å². The number of halogens is 1. The standard InChI is InChI=1S/C30H30FN3O2S/c1-2-33-16-6-9-25(33)19-32-29(35)23-12-15-27-26(18-23)34(20-22-10-13-24(31)14-11-22)30(36)28(37-27)17-21-7-4-3-5-8-21/h3-5,7-8,10-15,17-18,25H,2,6,9,16,19-20H2,1H3,(H,32,35)/p+1. The first-order valence-corrected chi connectivity index (χ1v) is 13.6. The van der Waals surface area contributed by atoms with Crippen molar-refractivity contribution < 1.29 is 18.9 Å². The van der Waals surface area contributed by atoms with Gasteiger partial charge in [0.2, 0.25) is 0 Å². The first-order valence-electron chi connectivity index (χ1n) is 12.8.